The average molecular weight is 535 g/mol. The average Bonchev–Trinajstić information content (AvgIpc) is 3.31. The Bertz CT molecular complexity index is 1130. The Balaban J connectivity index is 1.11. The van der Waals surface area contributed by atoms with Gasteiger partial charge >= 0.3 is 6.18 Å². The van der Waals surface area contributed by atoms with Crippen molar-refractivity contribution in [3.8, 4) is 16.9 Å². The summed E-state index contributed by atoms with van der Waals surface area (Å²) in [5.74, 6) is -0.281. The smallest absolute Gasteiger partial charge is 0.395 e. The van der Waals surface area contributed by atoms with Gasteiger partial charge in [0.2, 0.25) is 0 Å². The Kier molecular flexibility index (Phi) is 7.69. The Morgan fingerprint density at radius 2 is 1.68 bits per heavy atom. The van der Waals surface area contributed by atoms with Gasteiger partial charge < -0.3 is 19.6 Å². The summed E-state index contributed by atoms with van der Waals surface area (Å²) < 4.78 is 61.0. The molecule has 1 N–H and O–H groups in total. The third-order valence-electron chi connectivity index (χ3n) is 8.47. The molecule has 2 heterocycles. The van der Waals surface area contributed by atoms with Crippen LogP contribution in [0, 0.1) is 17.2 Å². The largest absolute Gasteiger partial charge is 0.490 e. The molecule has 0 aromatic heterocycles. The van der Waals surface area contributed by atoms with Crippen molar-refractivity contribution in [1.82, 2.24) is 9.80 Å². The van der Waals surface area contributed by atoms with Gasteiger partial charge in [0.15, 0.2) is 11.6 Å². The molecule has 1 unspecified atom stereocenters. The number of hydrogen-bond acceptors (Lipinski definition) is 4. The molecule has 0 radical (unpaired) electrons. The van der Waals surface area contributed by atoms with Crippen molar-refractivity contribution < 1.29 is 32.2 Å². The summed E-state index contributed by atoms with van der Waals surface area (Å²) >= 11 is 0. The molecule has 38 heavy (non-hydrogen) atoms. The first-order valence-corrected chi connectivity index (χ1v) is 13.4. The fraction of sp³-hybridized carbons (Fsp3) is 0.552. The van der Waals surface area contributed by atoms with Gasteiger partial charge in [-0.1, -0.05) is 24.6 Å². The number of carbonyl (C=O) groups excluding carboxylic acids is 1. The number of carbonyl (C=O) groups is 1. The van der Waals surface area contributed by atoms with Crippen LogP contribution in [0.1, 0.15) is 48.9 Å². The van der Waals surface area contributed by atoms with E-state index < -0.39 is 23.5 Å². The first-order chi connectivity index (χ1) is 18.1. The minimum absolute atomic E-state index is 0.0800. The molecule has 2 aromatic rings. The van der Waals surface area contributed by atoms with Crippen molar-refractivity contribution in [3.05, 3.63) is 53.8 Å². The minimum atomic E-state index is -4.15. The van der Waals surface area contributed by atoms with Gasteiger partial charge in [0.25, 0.3) is 5.91 Å². The van der Waals surface area contributed by atoms with E-state index in [1.165, 1.54) is 6.07 Å². The monoisotopic (exact) mass is 534 g/mol. The summed E-state index contributed by atoms with van der Waals surface area (Å²) in [6, 6.07) is 11.7. The zero-order valence-electron chi connectivity index (χ0n) is 21.4. The quantitative estimate of drug-likeness (QED) is 0.475. The Morgan fingerprint density at radius 1 is 1.00 bits per heavy atom. The summed E-state index contributed by atoms with van der Waals surface area (Å²) in [7, 11) is 0. The maximum absolute atomic E-state index is 14.8. The van der Waals surface area contributed by atoms with Crippen molar-refractivity contribution in [2.24, 2.45) is 11.3 Å². The number of halogens is 4. The maximum atomic E-state index is 14.8. The second-order valence-electron chi connectivity index (χ2n) is 11.1. The van der Waals surface area contributed by atoms with Crippen LogP contribution in [0.2, 0.25) is 0 Å². The normalized spacial score (nSPS) is 22.3. The summed E-state index contributed by atoms with van der Waals surface area (Å²) in [4.78, 5) is 16.1. The van der Waals surface area contributed by atoms with E-state index in [4.69, 9.17) is 4.74 Å². The second-order valence-corrected chi connectivity index (χ2v) is 11.1. The highest BCUT2D eigenvalue weighted by Gasteiger charge is 2.58. The lowest BCUT2D eigenvalue weighted by atomic mass is 9.67. The number of piperidine rings is 1. The lowest BCUT2D eigenvalue weighted by Crippen LogP contribution is -2.53. The fourth-order valence-corrected chi connectivity index (χ4v) is 5.79. The zero-order valence-corrected chi connectivity index (χ0v) is 21.4. The Hall–Kier alpha value is -2.65. The summed E-state index contributed by atoms with van der Waals surface area (Å²) in [6.07, 6.45) is -1.49. The number of likely N-dealkylation sites (tertiary alicyclic amines) is 2. The van der Waals surface area contributed by atoms with Gasteiger partial charge in [-0.3, -0.25) is 4.79 Å². The Morgan fingerprint density at radius 3 is 2.24 bits per heavy atom. The first-order valence-electron chi connectivity index (χ1n) is 13.4. The number of β-amino-alcohol motifs (C(OH)–C–C–N with tert-alkyl or cyclic N) is 1. The third-order valence-corrected chi connectivity index (χ3v) is 8.47. The highest BCUT2D eigenvalue weighted by Crippen LogP contribution is 2.53. The van der Waals surface area contributed by atoms with Crippen molar-refractivity contribution in [3.63, 3.8) is 0 Å². The molecule has 5 nitrogen and oxygen atoms in total. The summed E-state index contributed by atoms with van der Waals surface area (Å²) in [5, 5.41) is 9.66. The molecule has 3 aliphatic rings. The van der Waals surface area contributed by atoms with Crippen LogP contribution in [0.5, 0.6) is 5.75 Å². The van der Waals surface area contributed by atoms with Crippen molar-refractivity contribution in [1.29, 1.82) is 0 Å². The van der Waals surface area contributed by atoms with E-state index >= 15 is 0 Å². The lowest BCUT2D eigenvalue weighted by molar-refractivity contribution is -0.256. The number of aliphatic hydroxyl groups excluding tert-OH is 1. The van der Waals surface area contributed by atoms with E-state index in [1.807, 2.05) is 4.90 Å². The van der Waals surface area contributed by atoms with Crippen LogP contribution in [0.4, 0.5) is 17.6 Å². The molecular formula is C29H34F4N2O3. The highest BCUT2D eigenvalue weighted by atomic mass is 19.4. The van der Waals surface area contributed by atoms with E-state index in [9.17, 15) is 27.5 Å². The van der Waals surface area contributed by atoms with E-state index in [0.717, 1.165) is 18.4 Å². The zero-order chi connectivity index (χ0) is 26.9. The number of amides is 1. The number of benzene rings is 2. The number of aliphatic hydroxyl groups is 1. The van der Waals surface area contributed by atoms with Crippen LogP contribution >= 0.6 is 0 Å². The lowest BCUT2D eigenvalue weighted by Gasteiger charge is -2.47. The molecule has 1 atom stereocenters. The van der Waals surface area contributed by atoms with Crippen LogP contribution in [0.25, 0.3) is 11.1 Å². The molecule has 0 bridgehead atoms. The molecule has 1 amide bonds. The SMILES string of the molecule is O=C(c1ccc(-c2ccc(OCC3CCN(CC4(C(F)(F)F)CCC4)CC3)c(F)c2)cc1)N1CCC(O)C1. The predicted molar refractivity (Wildman–Crippen MR) is 135 cm³/mol. The molecular weight excluding hydrogens is 500 g/mol. The van der Waals surface area contributed by atoms with Crippen LogP contribution in [0.15, 0.2) is 42.5 Å². The summed E-state index contributed by atoms with van der Waals surface area (Å²) in [6.45, 7) is 2.48. The molecule has 5 rings (SSSR count). The van der Waals surface area contributed by atoms with E-state index in [-0.39, 0.29) is 37.0 Å². The standard InChI is InChI=1S/C29H34F4N2O3/c30-25-16-23(21-2-4-22(5-3-21)27(37)35-15-10-24(36)17-35)6-7-26(25)38-18-20-8-13-34(14-9-20)19-28(11-1-12-28)29(31,32)33/h2-7,16,20,24,36H,1,8-15,17-19H2. The van der Waals surface area contributed by atoms with Gasteiger partial charge in [0.1, 0.15) is 0 Å². The molecule has 2 aliphatic heterocycles. The molecule has 9 heteroatoms. The number of hydrogen-bond donors (Lipinski definition) is 1. The van der Waals surface area contributed by atoms with Gasteiger partial charge in [0, 0.05) is 25.2 Å². The van der Waals surface area contributed by atoms with Crippen LogP contribution in [0.3, 0.4) is 0 Å². The van der Waals surface area contributed by atoms with Crippen molar-refractivity contribution >= 4 is 5.91 Å². The predicted octanol–water partition coefficient (Wildman–Crippen LogP) is 5.52. The highest BCUT2D eigenvalue weighted by molar-refractivity contribution is 5.95. The maximum Gasteiger partial charge on any atom is 0.395 e. The van der Waals surface area contributed by atoms with E-state index in [2.05, 4.69) is 0 Å². The molecule has 2 aromatic carbocycles. The van der Waals surface area contributed by atoms with E-state index in [1.54, 1.807) is 41.3 Å². The number of ether oxygens (including phenoxy) is 1. The molecule has 206 valence electrons. The molecule has 1 aliphatic carbocycles. The minimum Gasteiger partial charge on any atom is -0.490 e. The summed E-state index contributed by atoms with van der Waals surface area (Å²) in [5.41, 5.74) is 0.418. The van der Waals surface area contributed by atoms with Crippen LogP contribution in [-0.4, -0.2) is 72.4 Å². The van der Waals surface area contributed by atoms with Crippen molar-refractivity contribution in [2.75, 3.05) is 39.3 Å². The molecule has 1 saturated carbocycles. The Labute approximate surface area is 220 Å². The van der Waals surface area contributed by atoms with Crippen LogP contribution < -0.4 is 4.74 Å². The van der Waals surface area contributed by atoms with Gasteiger partial charge in [-0.2, -0.15) is 13.2 Å². The molecule has 0 spiro atoms. The van der Waals surface area contributed by atoms with Gasteiger partial charge in [-0.15, -0.1) is 0 Å². The second kappa shape index (κ2) is 10.8. The molecule has 3 fully saturated rings. The first kappa shape index (κ1) is 26.9. The number of nitrogens with zero attached hydrogens (tertiary/aromatic N) is 2. The van der Waals surface area contributed by atoms with Crippen LogP contribution in [-0.2, 0) is 0 Å². The van der Waals surface area contributed by atoms with Gasteiger partial charge in [-0.25, -0.2) is 4.39 Å². The topological polar surface area (TPSA) is 53.0 Å². The van der Waals surface area contributed by atoms with Gasteiger partial charge in [0.05, 0.1) is 18.1 Å². The van der Waals surface area contributed by atoms with Crippen molar-refractivity contribution in [2.45, 2.75) is 50.8 Å². The number of alkyl halides is 3. The van der Waals surface area contributed by atoms with E-state index in [0.29, 0.717) is 56.8 Å². The van der Waals surface area contributed by atoms with Gasteiger partial charge in [-0.05, 0) is 86.5 Å². The fourth-order valence-electron chi connectivity index (χ4n) is 5.79. The third kappa shape index (κ3) is 5.69. The number of rotatable bonds is 7. The molecule has 2 saturated heterocycles.